The zero-order valence-electron chi connectivity index (χ0n) is 13.8. The van der Waals surface area contributed by atoms with Gasteiger partial charge in [0.15, 0.2) is 0 Å². The minimum Gasteiger partial charge on any atom is -0.469 e. The average molecular weight is 325 g/mol. The number of benzene rings is 1. The number of methoxy groups -OCH3 is 1. The van der Waals surface area contributed by atoms with Crippen LogP contribution in [0, 0.1) is 20.8 Å². The molecule has 0 bridgehead atoms. The standard InChI is InChI=1S/C19H19NO2S/c1-11-5-7-14(8-6-11)18-15(10-17(21)22-4)13(3)20-19-16(18)9-12(2)23-19/h5-9H,10H2,1-4H3. The number of nitrogens with zero attached hydrogens (tertiary/aromatic N) is 1. The molecular weight excluding hydrogens is 306 g/mol. The molecule has 2 aromatic heterocycles. The molecule has 3 rings (SSSR count). The highest BCUT2D eigenvalue weighted by Gasteiger charge is 2.18. The van der Waals surface area contributed by atoms with Crippen molar-refractivity contribution in [3.63, 3.8) is 0 Å². The Kier molecular flexibility index (Phi) is 4.18. The molecule has 3 nitrogen and oxygen atoms in total. The molecule has 0 aliphatic heterocycles. The molecule has 4 heteroatoms. The smallest absolute Gasteiger partial charge is 0.310 e. The van der Waals surface area contributed by atoms with E-state index in [9.17, 15) is 4.79 Å². The van der Waals surface area contributed by atoms with Gasteiger partial charge in [0.1, 0.15) is 4.83 Å². The molecule has 0 radical (unpaired) electrons. The van der Waals surface area contributed by atoms with Gasteiger partial charge in [-0.1, -0.05) is 29.8 Å². The molecular formula is C19H19NO2S. The summed E-state index contributed by atoms with van der Waals surface area (Å²) in [4.78, 5) is 18.8. The zero-order chi connectivity index (χ0) is 16.6. The molecule has 0 amide bonds. The number of esters is 1. The van der Waals surface area contributed by atoms with Crippen molar-refractivity contribution in [3.05, 3.63) is 52.0 Å². The number of fused-ring (bicyclic) bond motifs is 1. The van der Waals surface area contributed by atoms with E-state index in [1.54, 1.807) is 11.3 Å². The molecule has 3 aromatic rings. The number of aromatic nitrogens is 1. The number of carbonyl (C=O) groups is 1. The van der Waals surface area contributed by atoms with E-state index < -0.39 is 0 Å². The highest BCUT2D eigenvalue weighted by Crippen LogP contribution is 2.37. The molecule has 0 N–H and O–H groups in total. The maximum Gasteiger partial charge on any atom is 0.310 e. The predicted molar refractivity (Wildman–Crippen MR) is 95.0 cm³/mol. The average Bonchev–Trinajstić information content (AvgIpc) is 2.88. The Balaban J connectivity index is 2.31. The first kappa shape index (κ1) is 15.7. The Morgan fingerprint density at radius 2 is 1.87 bits per heavy atom. The van der Waals surface area contributed by atoms with Gasteiger partial charge in [0, 0.05) is 16.0 Å². The first-order chi connectivity index (χ1) is 11.0. The number of pyridine rings is 1. The van der Waals surface area contributed by atoms with Crippen LogP contribution in [0.4, 0.5) is 0 Å². The summed E-state index contributed by atoms with van der Waals surface area (Å²) in [6, 6.07) is 10.6. The fourth-order valence-electron chi connectivity index (χ4n) is 2.81. The van der Waals surface area contributed by atoms with Crippen molar-refractivity contribution in [1.82, 2.24) is 4.98 Å². The van der Waals surface area contributed by atoms with E-state index in [1.165, 1.54) is 17.6 Å². The maximum atomic E-state index is 11.9. The quantitative estimate of drug-likeness (QED) is 0.660. The molecule has 0 unspecified atom stereocenters. The molecule has 0 fully saturated rings. The number of ether oxygens (including phenoxy) is 1. The summed E-state index contributed by atoms with van der Waals surface area (Å²) in [5.41, 5.74) is 5.27. The summed E-state index contributed by atoms with van der Waals surface area (Å²) in [5.74, 6) is -0.241. The van der Waals surface area contributed by atoms with Gasteiger partial charge in [-0.05, 0) is 43.5 Å². The second-order valence-corrected chi connectivity index (χ2v) is 6.98. The van der Waals surface area contributed by atoms with Crippen molar-refractivity contribution in [3.8, 4) is 11.1 Å². The van der Waals surface area contributed by atoms with Gasteiger partial charge in [0.2, 0.25) is 0 Å². The molecule has 23 heavy (non-hydrogen) atoms. The lowest BCUT2D eigenvalue weighted by Crippen LogP contribution is -2.08. The summed E-state index contributed by atoms with van der Waals surface area (Å²) in [6.07, 6.45) is 0.239. The van der Waals surface area contributed by atoms with E-state index in [2.05, 4.69) is 44.2 Å². The van der Waals surface area contributed by atoms with Gasteiger partial charge >= 0.3 is 5.97 Å². The van der Waals surface area contributed by atoms with Crippen molar-refractivity contribution in [2.45, 2.75) is 27.2 Å². The third-order valence-corrected chi connectivity index (χ3v) is 4.95. The van der Waals surface area contributed by atoms with Crippen LogP contribution >= 0.6 is 11.3 Å². The van der Waals surface area contributed by atoms with Gasteiger partial charge < -0.3 is 4.74 Å². The van der Waals surface area contributed by atoms with Crippen LogP contribution in [0.25, 0.3) is 21.3 Å². The summed E-state index contributed by atoms with van der Waals surface area (Å²) in [6.45, 7) is 6.12. The van der Waals surface area contributed by atoms with Gasteiger partial charge in [-0.15, -0.1) is 11.3 Å². The van der Waals surface area contributed by atoms with Crippen LogP contribution in [-0.4, -0.2) is 18.1 Å². The van der Waals surface area contributed by atoms with Crippen LogP contribution in [0.1, 0.15) is 21.7 Å². The van der Waals surface area contributed by atoms with Crippen molar-refractivity contribution in [1.29, 1.82) is 0 Å². The van der Waals surface area contributed by atoms with Crippen LogP contribution in [0.2, 0.25) is 0 Å². The lowest BCUT2D eigenvalue weighted by molar-refractivity contribution is -0.139. The molecule has 0 aliphatic rings. The first-order valence-corrected chi connectivity index (χ1v) is 8.34. The molecule has 0 saturated heterocycles. The Hall–Kier alpha value is -2.20. The monoisotopic (exact) mass is 325 g/mol. The summed E-state index contributed by atoms with van der Waals surface area (Å²) < 4.78 is 4.87. The van der Waals surface area contributed by atoms with Gasteiger partial charge in [0.05, 0.1) is 13.5 Å². The number of carbonyl (C=O) groups excluding carboxylic acids is 1. The van der Waals surface area contributed by atoms with E-state index in [0.29, 0.717) is 0 Å². The van der Waals surface area contributed by atoms with Crippen LogP contribution in [-0.2, 0) is 16.0 Å². The number of hydrogen-bond acceptors (Lipinski definition) is 4. The molecule has 1 aromatic carbocycles. The van der Waals surface area contributed by atoms with Crippen LogP contribution in [0.3, 0.4) is 0 Å². The number of aryl methyl sites for hydroxylation is 3. The fraction of sp³-hybridized carbons (Fsp3) is 0.263. The summed E-state index contributed by atoms with van der Waals surface area (Å²) in [5, 5.41) is 1.11. The predicted octanol–water partition coefficient (Wildman–Crippen LogP) is 4.60. The van der Waals surface area contributed by atoms with Gasteiger partial charge in [0.25, 0.3) is 0 Å². The minimum absolute atomic E-state index is 0.239. The molecule has 0 atom stereocenters. The minimum atomic E-state index is -0.241. The van der Waals surface area contributed by atoms with Crippen LogP contribution in [0.5, 0.6) is 0 Å². The third-order valence-electron chi connectivity index (χ3n) is 4.00. The SMILES string of the molecule is COC(=O)Cc1c(C)nc2sc(C)cc2c1-c1ccc(C)cc1. The fourth-order valence-corrected chi connectivity index (χ4v) is 3.75. The number of thiophene rings is 1. The third kappa shape index (κ3) is 2.99. The number of rotatable bonds is 3. The second kappa shape index (κ2) is 6.13. The normalized spacial score (nSPS) is 11.0. The van der Waals surface area contributed by atoms with Crippen molar-refractivity contribution >= 4 is 27.5 Å². The molecule has 0 spiro atoms. The van der Waals surface area contributed by atoms with Gasteiger partial charge in [-0.25, -0.2) is 4.98 Å². The van der Waals surface area contributed by atoms with Crippen molar-refractivity contribution in [2.24, 2.45) is 0 Å². The Labute approximate surface area is 139 Å². The highest BCUT2D eigenvalue weighted by atomic mass is 32.1. The van der Waals surface area contributed by atoms with Gasteiger partial charge in [-0.3, -0.25) is 4.79 Å². The Morgan fingerprint density at radius 1 is 1.17 bits per heavy atom. The molecule has 0 saturated carbocycles. The topological polar surface area (TPSA) is 39.2 Å². The van der Waals surface area contributed by atoms with E-state index in [4.69, 9.17) is 9.72 Å². The van der Waals surface area contributed by atoms with E-state index in [0.717, 1.165) is 32.6 Å². The first-order valence-electron chi connectivity index (χ1n) is 7.53. The lowest BCUT2D eigenvalue weighted by Gasteiger charge is -2.13. The molecule has 0 aliphatic carbocycles. The van der Waals surface area contributed by atoms with Crippen LogP contribution in [0.15, 0.2) is 30.3 Å². The van der Waals surface area contributed by atoms with E-state index >= 15 is 0 Å². The lowest BCUT2D eigenvalue weighted by atomic mass is 9.94. The molecule has 2 heterocycles. The summed E-state index contributed by atoms with van der Waals surface area (Å²) in [7, 11) is 1.42. The Morgan fingerprint density at radius 3 is 2.52 bits per heavy atom. The number of hydrogen-bond donors (Lipinski definition) is 0. The zero-order valence-corrected chi connectivity index (χ0v) is 14.6. The second-order valence-electron chi connectivity index (χ2n) is 5.75. The van der Waals surface area contributed by atoms with Crippen molar-refractivity contribution in [2.75, 3.05) is 7.11 Å². The van der Waals surface area contributed by atoms with Crippen molar-refractivity contribution < 1.29 is 9.53 Å². The van der Waals surface area contributed by atoms with E-state index in [-0.39, 0.29) is 12.4 Å². The Bertz CT molecular complexity index is 879. The molecule has 118 valence electrons. The van der Waals surface area contributed by atoms with Gasteiger partial charge in [-0.2, -0.15) is 0 Å². The maximum absolute atomic E-state index is 11.9. The van der Waals surface area contributed by atoms with Crippen LogP contribution < -0.4 is 0 Å². The highest BCUT2D eigenvalue weighted by molar-refractivity contribution is 7.18. The largest absolute Gasteiger partial charge is 0.469 e. The summed E-state index contributed by atoms with van der Waals surface area (Å²) >= 11 is 1.68. The van der Waals surface area contributed by atoms with E-state index in [1.807, 2.05) is 6.92 Å².